The monoisotopic (exact) mass is 413 g/mol. The largest absolute Gasteiger partial charge is 0.384 e. The number of aliphatic imine (C=N–C) groups is 1. The van der Waals surface area contributed by atoms with Gasteiger partial charge in [0, 0.05) is 29.8 Å². The summed E-state index contributed by atoms with van der Waals surface area (Å²) in [4.78, 5) is 20.8. The molecule has 0 unspecified atom stereocenters. The maximum absolute atomic E-state index is 12.5. The second-order valence-corrected chi connectivity index (χ2v) is 7.34. The quantitative estimate of drug-likeness (QED) is 0.363. The first-order valence-electron chi connectivity index (χ1n) is 10.1. The number of aromatic nitrogens is 1. The van der Waals surface area contributed by atoms with Crippen molar-refractivity contribution >= 4 is 23.1 Å². The normalized spacial score (nSPS) is 12.1. The minimum atomic E-state index is -0.177. The van der Waals surface area contributed by atoms with Gasteiger partial charge in [0.1, 0.15) is 5.84 Å². The van der Waals surface area contributed by atoms with Gasteiger partial charge in [0.25, 0.3) is 5.91 Å². The molecule has 1 heterocycles. The molecular weight excluding hydrogens is 386 g/mol. The van der Waals surface area contributed by atoms with Crippen molar-refractivity contribution in [1.82, 2.24) is 4.98 Å². The number of nitrogens with one attached hydrogen (secondary N) is 2. The highest BCUT2D eigenvalue weighted by molar-refractivity contribution is 6.04. The van der Waals surface area contributed by atoms with Crippen LogP contribution in [-0.2, 0) is 6.54 Å². The van der Waals surface area contributed by atoms with Crippen molar-refractivity contribution in [3.8, 4) is 0 Å². The van der Waals surface area contributed by atoms with Crippen molar-refractivity contribution < 1.29 is 4.79 Å². The van der Waals surface area contributed by atoms with E-state index in [1.165, 1.54) is 6.08 Å². The van der Waals surface area contributed by atoms with Crippen molar-refractivity contribution in [2.24, 2.45) is 10.7 Å². The zero-order valence-corrected chi connectivity index (χ0v) is 17.8. The topological polar surface area (TPSA) is 92.4 Å². The average molecular weight is 414 g/mol. The van der Waals surface area contributed by atoms with Gasteiger partial charge in [-0.2, -0.15) is 0 Å². The predicted molar refractivity (Wildman–Crippen MR) is 127 cm³/mol. The molecule has 0 saturated carbocycles. The van der Waals surface area contributed by atoms with E-state index in [-0.39, 0.29) is 11.9 Å². The second kappa shape index (κ2) is 10.2. The highest BCUT2D eigenvalue weighted by atomic mass is 16.1. The number of rotatable bonds is 8. The summed E-state index contributed by atoms with van der Waals surface area (Å²) in [6, 6.07) is 17.7. The average Bonchev–Trinajstić information content (AvgIpc) is 2.78. The molecule has 0 bridgehead atoms. The Morgan fingerprint density at radius 1 is 1.16 bits per heavy atom. The van der Waals surface area contributed by atoms with Crippen LogP contribution in [0, 0.1) is 6.92 Å². The summed E-state index contributed by atoms with van der Waals surface area (Å²) in [6.45, 7) is 8.11. The lowest BCUT2D eigenvalue weighted by Crippen LogP contribution is -2.13. The molecule has 31 heavy (non-hydrogen) atoms. The molecule has 3 rings (SSSR count). The van der Waals surface area contributed by atoms with Crippen molar-refractivity contribution in [3.63, 3.8) is 0 Å². The molecule has 0 aliphatic rings. The van der Waals surface area contributed by atoms with E-state index in [2.05, 4.69) is 34.1 Å². The molecule has 1 amide bonds. The predicted octanol–water partition coefficient (Wildman–Crippen LogP) is 4.86. The third-order valence-corrected chi connectivity index (χ3v) is 4.77. The zero-order valence-electron chi connectivity index (χ0n) is 17.8. The highest BCUT2D eigenvalue weighted by Gasteiger charge is 2.10. The number of nitrogens with zero attached hydrogens (tertiary/aromatic N) is 2. The van der Waals surface area contributed by atoms with Gasteiger partial charge in [0.2, 0.25) is 0 Å². The highest BCUT2D eigenvalue weighted by Crippen LogP contribution is 2.23. The van der Waals surface area contributed by atoms with Gasteiger partial charge >= 0.3 is 0 Å². The molecule has 1 aromatic heterocycles. The van der Waals surface area contributed by atoms with Crippen LogP contribution in [0.4, 0.5) is 11.4 Å². The lowest BCUT2D eigenvalue weighted by molar-refractivity contribution is 0.102. The summed E-state index contributed by atoms with van der Waals surface area (Å²) in [5, 5.41) is 6.43. The fourth-order valence-corrected chi connectivity index (χ4v) is 3.05. The molecule has 4 N–H and O–H groups in total. The van der Waals surface area contributed by atoms with Crippen LogP contribution >= 0.6 is 0 Å². The molecular formula is C25H27N5O. The third kappa shape index (κ3) is 6.27. The fraction of sp³-hybridized carbons (Fsp3) is 0.160. The number of hydrogen-bond donors (Lipinski definition) is 3. The smallest absolute Gasteiger partial charge is 0.257 e. The number of carbonyl (C=O) groups excluding carboxylic acids is 1. The Bertz CT molecular complexity index is 1090. The Morgan fingerprint density at radius 2 is 1.94 bits per heavy atom. The lowest BCUT2D eigenvalue weighted by Gasteiger charge is -2.17. The standard InChI is InChI=1S/C25H27N5O/c1-4-24(26)28-15-19-8-10-22(11-9-19)29-18(3)20-6-5-7-23(13-20)30-25(31)21-12-17(2)14-27-16-21/h4-14,16,18,29H,1,15H2,2-3H3,(H2,26,28)(H,30,31)/t18-/m0/s1. The van der Waals surface area contributed by atoms with Crippen LogP contribution in [0.5, 0.6) is 0 Å². The van der Waals surface area contributed by atoms with E-state index in [9.17, 15) is 4.79 Å². The molecule has 158 valence electrons. The number of aryl methyl sites for hydroxylation is 1. The van der Waals surface area contributed by atoms with Crippen LogP contribution in [0.15, 0.2) is 84.6 Å². The molecule has 0 aliphatic carbocycles. The summed E-state index contributed by atoms with van der Waals surface area (Å²) in [7, 11) is 0. The Morgan fingerprint density at radius 3 is 2.65 bits per heavy atom. The zero-order chi connectivity index (χ0) is 22.2. The van der Waals surface area contributed by atoms with Gasteiger partial charge in [0.05, 0.1) is 12.1 Å². The number of pyridine rings is 1. The number of amidine groups is 1. The first-order chi connectivity index (χ1) is 14.9. The number of hydrogen-bond acceptors (Lipinski definition) is 4. The molecule has 0 spiro atoms. The molecule has 2 aromatic carbocycles. The van der Waals surface area contributed by atoms with E-state index < -0.39 is 0 Å². The molecule has 6 heteroatoms. The molecule has 0 radical (unpaired) electrons. The number of carbonyl (C=O) groups is 1. The number of nitrogens with two attached hydrogens (primary N) is 1. The van der Waals surface area contributed by atoms with Crippen LogP contribution in [0.3, 0.4) is 0 Å². The Kier molecular flexibility index (Phi) is 7.17. The minimum Gasteiger partial charge on any atom is -0.384 e. The van der Waals surface area contributed by atoms with Crippen molar-refractivity contribution in [3.05, 3.63) is 102 Å². The van der Waals surface area contributed by atoms with Crippen molar-refractivity contribution in [1.29, 1.82) is 0 Å². The number of anilines is 2. The van der Waals surface area contributed by atoms with E-state index in [1.54, 1.807) is 12.4 Å². The van der Waals surface area contributed by atoms with Gasteiger partial charge < -0.3 is 16.4 Å². The number of amides is 1. The first kappa shape index (κ1) is 21.8. The minimum absolute atomic E-state index is 0.0535. The summed E-state index contributed by atoms with van der Waals surface area (Å²) in [5.74, 6) is 0.255. The Balaban J connectivity index is 1.64. The lowest BCUT2D eigenvalue weighted by atomic mass is 10.1. The van der Waals surface area contributed by atoms with Crippen molar-refractivity contribution in [2.75, 3.05) is 10.6 Å². The first-order valence-corrected chi connectivity index (χ1v) is 10.1. The summed E-state index contributed by atoms with van der Waals surface area (Å²) in [6.07, 6.45) is 4.82. The SMILES string of the molecule is C=CC(N)=NCc1ccc(N[C@@H](C)c2cccc(NC(=O)c3cncc(C)c3)c2)cc1. The van der Waals surface area contributed by atoms with Crippen LogP contribution < -0.4 is 16.4 Å². The van der Waals surface area contributed by atoms with Gasteiger partial charge in [0.15, 0.2) is 0 Å². The summed E-state index contributed by atoms with van der Waals surface area (Å²) in [5.41, 5.74) is 11.0. The van der Waals surface area contributed by atoms with Crippen LogP contribution in [0.25, 0.3) is 0 Å². The van der Waals surface area contributed by atoms with E-state index in [4.69, 9.17) is 5.73 Å². The fourth-order valence-electron chi connectivity index (χ4n) is 3.05. The van der Waals surface area contributed by atoms with Gasteiger partial charge in [-0.1, -0.05) is 30.8 Å². The van der Waals surface area contributed by atoms with Gasteiger partial charge in [-0.05, 0) is 66.9 Å². The van der Waals surface area contributed by atoms with Crippen molar-refractivity contribution in [2.45, 2.75) is 26.4 Å². The van der Waals surface area contributed by atoms with Gasteiger partial charge in [-0.15, -0.1) is 0 Å². The molecule has 1 atom stereocenters. The Labute approximate surface area is 182 Å². The van der Waals surface area contributed by atoms with Crippen LogP contribution in [-0.4, -0.2) is 16.7 Å². The van der Waals surface area contributed by atoms with Crippen LogP contribution in [0.2, 0.25) is 0 Å². The molecule has 6 nitrogen and oxygen atoms in total. The summed E-state index contributed by atoms with van der Waals surface area (Å²) < 4.78 is 0. The van der Waals surface area contributed by atoms with Gasteiger partial charge in [-0.3, -0.25) is 14.8 Å². The van der Waals surface area contributed by atoms with E-state index in [0.29, 0.717) is 17.9 Å². The third-order valence-electron chi connectivity index (χ3n) is 4.77. The number of benzene rings is 2. The molecule has 0 fully saturated rings. The molecule has 0 aliphatic heterocycles. The summed E-state index contributed by atoms with van der Waals surface area (Å²) >= 11 is 0. The van der Waals surface area contributed by atoms with Gasteiger partial charge in [-0.25, -0.2) is 0 Å². The van der Waals surface area contributed by atoms with E-state index in [1.807, 2.05) is 61.5 Å². The molecule has 0 saturated heterocycles. The Hall–Kier alpha value is -3.93. The van der Waals surface area contributed by atoms with Crippen LogP contribution in [0.1, 0.15) is 40.0 Å². The second-order valence-electron chi connectivity index (χ2n) is 7.34. The van der Waals surface area contributed by atoms with E-state index >= 15 is 0 Å². The van der Waals surface area contributed by atoms with E-state index in [0.717, 1.165) is 28.1 Å². The maximum atomic E-state index is 12.5. The molecule has 3 aromatic rings. The maximum Gasteiger partial charge on any atom is 0.257 e.